The minimum absolute atomic E-state index is 0.305. The van der Waals surface area contributed by atoms with Gasteiger partial charge in [0.25, 0.3) is 0 Å². The van der Waals surface area contributed by atoms with E-state index in [1.165, 1.54) is 0 Å². The first-order valence-electron chi connectivity index (χ1n) is 4.51. The molecule has 1 unspecified atom stereocenters. The largest absolute Gasteiger partial charge is 0.251 e. The van der Waals surface area contributed by atoms with E-state index in [1.807, 2.05) is 6.92 Å². The summed E-state index contributed by atoms with van der Waals surface area (Å²) >= 11 is 0. The molecular formula is C9H18F2. The molecule has 0 aromatic rings. The van der Waals surface area contributed by atoms with Crippen LogP contribution in [0, 0.1) is 0 Å². The molecule has 0 heterocycles. The molecule has 11 heavy (non-hydrogen) atoms. The predicted octanol–water partition coefficient (Wildman–Crippen LogP) is 3.65. The van der Waals surface area contributed by atoms with E-state index in [0.717, 1.165) is 12.8 Å². The van der Waals surface area contributed by atoms with Crippen LogP contribution in [0.4, 0.5) is 8.78 Å². The van der Waals surface area contributed by atoms with Gasteiger partial charge < -0.3 is 0 Å². The summed E-state index contributed by atoms with van der Waals surface area (Å²) in [5, 5.41) is 0. The molecule has 1 atom stereocenters. The second-order valence-electron chi connectivity index (χ2n) is 2.92. The maximum Gasteiger partial charge on any atom is 0.100 e. The van der Waals surface area contributed by atoms with Gasteiger partial charge in [-0.25, -0.2) is 4.39 Å². The third-order valence-corrected chi connectivity index (χ3v) is 1.77. The average Bonchev–Trinajstić information content (AvgIpc) is 2.01. The van der Waals surface area contributed by atoms with Crippen molar-refractivity contribution in [3.8, 4) is 0 Å². The van der Waals surface area contributed by atoms with Crippen LogP contribution in [-0.4, -0.2) is 12.8 Å². The first-order chi connectivity index (χ1) is 5.31. The van der Waals surface area contributed by atoms with Crippen molar-refractivity contribution in [2.45, 2.75) is 51.6 Å². The van der Waals surface area contributed by atoms with E-state index < -0.39 is 6.17 Å². The number of hydrogen-bond donors (Lipinski definition) is 0. The zero-order valence-electron chi connectivity index (χ0n) is 7.28. The lowest BCUT2D eigenvalue weighted by molar-refractivity contribution is 0.278. The van der Waals surface area contributed by atoms with Crippen molar-refractivity contribution in [3.05, 3.63) is 0 Å². The molecule has 0 aliphatic rings. The highest BCUT2D eigenvalue weighted by molar-refractivity contribution is 4.55. The highest BCUT2D eigenvalue weighted by Crippen LogP contribution is 2.11. The molecule has 0 amide bonds. The van der Waals surface area contributed by atoms with Crippen molar-refractivity contribution in [2.75, 3.05) is 6.67 Å². The van der Waals surface area contributed by atoms with Crippen molar-refractivity contribution >= 4 is 0 Å². The van der Waals surface area contributed by atoms with Crippen LogP contribution >= 0.6 is 0 Å². The van der Waals surface area contributed by atoms with Crippen LogP contribution in [0.1, 0.15) is 45.4 Å². The summed E-state index contributed by atoms with van der Waals surface area (Å²) in [4.78, 5) is 0. The van der Waals surface area contributed by atoms with Gasteiger partial charge in [0.15, 0.2) is 0 Å². The molecule has 0 fully saturated rings. The van der Waals surface area contributed by atoms with E-state index in [4.69, 9.17) is 0 Å². The Morgan fingerprint density at radius 2 is 1.73 bits per heavy atom. The molecule has 2 heteroatoms. The fourth-order valence-electron chi connectivity index (χ4n) is 1.03. The maximum absolute atomic E-state index is 12.8. The van der Waals surface area contributed by atoms with Gasteiger partial charge in [0.1, 0.15) is 6.17 Å². The van der Waals surface area contributed by atoms with Crippen molar-refractivity contribution < 1.29 is 8.78 Å². The third-order valence-electron chi connectivity index (χ3n) is 1.77. The second-order valence-corrected chi connectivity index (χ2v) is 2.92. The van der Waals surface area contributed by atoms with Gasteiger partial charge in [-0.3, -0.25) is 4.39 Å². The zero-order valence-corrected chi connectivity index (χ0v) is 7.28. The maximum atomic E-state index is 12.8. The Kier molecular flexibility index (Phi) is 7.86. The highest BCUT2D eigenvalue weighted by Gasteiger charge is 2.04. The summed E-state index contributed by atoms with van der Waals surface area (Å²) in [6.07, 6.45) is 3.72. The Hall–Kier alpha value is -0.140. The summed E-state index contributed by atoms with van der Waals surface area (Å²) in [5.74, 6) is 0. The van der Waals surface area contributed by atoms with Crippen LogP contribution in [0.25, 0.3) is 0 Å². The summed E-state index contributed by atoms with van der Waals surface area (Å²) in [7, 11) is 0. The molecule has 0 bridgehead atoms. The number of hydrogen-bond acceptors (Lipinski definition) is 0. The van der Waals surface area contributed by atoms with Crippen LogP contribution in [0.15, 0.2) is 0 Å². The average molecular weight is 164 g/mol. The monoisotopic (exact) mass is 164 g/mol. The Morgan fingerprint density at radius 1 is 1.09 bits per heavy atom. The minimum atomic E-state index is -0.693. The minimum Gasteiger partial charge on any atom is -0.251 e. The van der Waals surface area contributed by atoms with Crippen molar-refractivity contribution in [1.29, 1.82) is 0 Å². The fraction of sp³-hybridized carbons (Fsp3) is 1.00. The van der Waals surface area contributed by atoms with Crippen LogP contribution < -0.4 is 0 Å². The Morgan fingerprint density at radius 3 is 2.27 bits per heavy atom. The Bertz CT molecular complexity index is 74.0. The van der Waals surface area contributed by atoms with Crippen molar-refractivity contribution in [2.24, 2.45) is 0 Å². The Labute approximate surface area is 68.0 Å². The number of rotatable bonds is 7. The summed E-state index contributed by atoms with van der Waals surface area (Å²) in [5.41, 5.74) is 0. The zero-order chi connectivity index (χ0) is 8.53. The van der Waals surface area contributed by atoms with Crippen LogP contribution in [0.2, 0.25) is 0 Å². The number of alkyl halides is 2. The lowest BCUT2D eigenvalue weighted by Crippen LogP contribution is -1.99. The molecule has 0 nitrogen and oxygen atoms in total. The molecule has 0 aliphatic carbocycles. The van der Waals surface area contributed by atoms with Crippen LogP contribution in [0.3, 0.4) is 0 Å². The second kappa shape index (κ2) is 7.96. The number of unbranched alkanes of at least 4 members (excludes halogenated alkanes) is 2. The van der Waals surface area contributed by atoms with Gasteiger partial charge >= 0.3 is 0 Å². The lowest BCUT2D eigenvalue weighted by atomic mass is 10.1. The van der Waals surface area contributed by atoms with E-state index in [1.54, 1.807) is 0 Å². The van der Waals surface area contributed by atoms with Gasteiger partial charge in [-0.1, -0.05) is 19.8 Å². The van der Waals surface area contributed by atoms with Crippen molar-refractivity contribution in [3.63, 3.8) is 0 Å². The van der Waals surface area contributed by atoms with Crippen LogP contribution in [0.5, 0.6) is 0 Å². The molecule has 0 saturated carbocycles. The van der Waals surface area contributed by atoms with E-state index in [2.05, 4.69) is 0 Å². The molecule has 0 N–H and O–H groups in total. The standard InChI is InChI=1S/C9H18F2/c1-2-3-6-9(11)7-4-5-8-10/h9H,2-8H2,1H3. The van der Waals surface area contributed by atoms with Gasteiger partial charge in [0, 0.05) is 0 Å². The smallest absolute Gasteiger partial charge is 0.100 e. The SMILES string of the molecule is CCCCC(F)CCCCF. The van der Waals surface area contributed by atoms with Gasteiger partial charge in [0.05, 0.1) is 6.67 Å². The molecule has 0 aliphatic heterocycles. The summed E-state index contributed by atoms with van der Waals surface area (Å²) in [6.45, 7) is 1.74. The quantitative estimate of drug-likeness (QED) is 0.504. The predicted molar refractivity (Wildman–Crippen MR) is 44.2 cm³/mol. The molecule has 0 aromatic carbocycles. The van der Waals surface area contributed by atoms with E-state index in [0.29, 0.717) is 25.7 Å². The first kappa shape index (κ1) is 10.9. The molecule has 68 valence electrons. The first-order valence-corrected chi connectivity index (χ1v) is 4.51. The topological polar surface area (TPSA) is 0 Å². The molecular weight excluding hydrogens is 146 g/mol. The molecule has 0 spiro atoms. The highest BCUT2D eigenvalue weighted by atomic mass is 19.1. The fourth-order valence-corrected chi connectivity index (χ4v) is 1.03. The van der Waals surface area contributed by atoms with Crippen molar-refractivity contribution in [1.82, 2.24) is 0 Å². The third kappa shape index (κ3) is 7.76. The molecule has 0 aromatic heterocycles. The molecule has 0 saturated heterocycles. The van der Waals surface area contributed by atoms with E-state index >= 15 is 0 Å². The lowest BCUT2D eigenvalue weighted by Gasteiger charge is -2.05. The molecule has 0 radical (unpaired) electrons. The summed E-state index contributed by atoms with van der Waals surface area (Å²) < 4.78 is 24.4. The normalized spacial score (nSPS) is 13.4. The van der Waals surface area contributed by atoms with Gasteiger partial charge in [-0.2, -0.15) is 0 Å². The number of halogens is 2. The molecule has 0 rings (SSSR count). The van der Waals surface area contributed by atoms with Gasteiger partial charge in [-0.15, -0.1) is 0 Å². The van der Waals surface area contributed by atoms with Gasteiger partial charge in [0.2, 0.25) is 0 Å². The van der Waals surface area contributed by atoms with E-state index in [9.17, 15) is 8.78 Å². The summed E-state index contributed by atoms with van der Waals surface area (Å²) in [6, 6.07) is 0. The van der Waals surface area contributed by atoms with Gasteiger partial charge in [-0.05, 0) is 25.7 Å². The van der Waals surface area contributed by atoms with E-state index in [-0.39, 0.29) is 6.67 Å². The van der Waals surface area contributed by atoms with Crippen LogP contribution in [-0.2, 0) is 0 Å². The Balaban J connectivity index is 3.02.